The van der Waals surface area contributed by atoms with Crippen molar-refractivity contribution in [3.05, 3.63) is 35.4 Å². The van der Waals surface area contributed by atoms with E-state index in [0.29, 0.717) is 0 Å². The SMILES string of the molecule is COC(=O)[C@@H]1Cc2ccccc2CO[C@H](COC(C)=O)[C@H](OC(C)=O)[C@H]1OC(C)=O. The number of esters is 4. The maximum Gasteiger partial charge on any atom is 0.312 e. The smallest absolute Gasteiger partial charge is 0.312 e. The summed E-state index contributed by atoms with van der Waals surface area (Å²) >= 11 is 0. The second kappa shape index (κ2) is 10.7. The third kappa shape index (κ3) is 6.28. The van der Waals surface area contributed by atoms with Crippen LogP contribution in [0.15, 0.2) is 24.3 Å². The van der Waals surface area contributed by atoms with Gasteiger partial charge in [0.2, 0.25) is 0 Å². The number of ether oxygens (including phenoxy) is 5. The van der Waals surface area contributed by atoms with Gasteiger partial charge >= 0.3 is 23.9 Å². The Kier molecular flexibility index (Phi) is 8.35. The molecule has 4 atom stereocenters. The van der Waals surface area contributed by atoms with Crippen molar-refractivity contribution in [3.8, 4) is 0 Å². The second-order valence-corrected chi connectivity index (χ2v) is 6.90. The van der Waals surface area contributed by atoms with Gasteiger partial charge in [0.25, 0.3) is 0 Å². The summed E-state index contributed by atoms with van der Waals surface area (Å²) in [5.41, 5.74) is 1.59. The molecule has 0 unspecified atom stereocenters. The topological polar surface area (TPSA) is 114 Å². The fraction of sp³-hybridized carbons (Fsp3) is 0.524. The lowest BCUT2D eigenvalue weighted by atomic mass is 9.88. The van der Waals surface area contributed by atoms with Crippen LogP contribution in [0.1, 0.15) is 31.9 Å². The molecular formula is C21H26O9. The molecule has 0 bridgehead atoms. The van der Waals surface area contributed by atoms with E-state index in [9.17, 15) is 19.2 Å². The fourth-order valence-corrected chi connectivity index (χ4v) is 3.37. The number of rotatable bonds is 5. The molecule has 0 fully saturated rings. The van der Waals surface area contributed by atoms with Gasteiger partial charge in [0.05, 0.1) is 13.7 Å². The van der Waals surface area contributed by atoms with E-state index >= 15 is 0 Å². The molecule has 164 valence electrons. The summed E-state index contributed by atoms with van der Waals surface area (Å²) < 4.78 is 26.8. The molecule has 30 heavy (non-hydrogen) atoms. The molecule has 0 amide bonds. The molecule has 2 rings (SSSR count). The van der Waals surface area contributed by atoms with Gasteiger partial charge in [-0.3, -0.25) is 19.2 Å². The minimum absolute atomic E-state index is 0.112. The normalized spacial score (nSPS) is 23.6. The summed E-state index contributed by atoms with van der Waals surface area (Å²) in [5.74, 6) is -3.53. The van der Waals surface area contributed by atoms with E-state index in [-0.39, 0.29) is 19.6 Å². The van der Waals surface area contributed by atoms with E-state index in [1.54, 1.807) is 0 Å². The minimum Gasteiger partial charge on any atom is -0.469 e. The quantitative estimate of drug-likeness (QED) is 0.512. The van der Waals surface area contributed by atoms with Crippen LogP contribution in [0.5, 0.6) is 0 Å². The summed E-state index contributed by atoms with van der Waals surface area (Å²) in [6.45, 7) is 3.44. The first-order valence-corrected chi connectivity index (χ1v) is 9.47. The van der Waals surface area contributed by atoms with Crippen LogP contribution in [-0.4, -0.2) is 55.9 Å². The maximum absolute atomic E-state index is 12.7. The van der Waals surface area contributed by atoms with Crippen LogP contribution < -0.4 is 0 Å². The zero-order valence-corrected chi connectivity index (χ0v) is 17.4. The lowest BCUT2D eigenvalue weighted by Gasteiger charge is -2.34. The average molecular weight is 422 g/mol. The first-order valence-electron chi connectivity index (χ1n) is 9.47. The number of hydrogen-bond donors (Lipinski definition) is 0. The number of benzene rings is 1. The standard InChI is InChI=1S/C21H26O9/c1-12(22)27-11-18-20(30-14(3)24)19(29-13(2)23)17(21(25)26-4)9-15-7-5-6-8-16(15)10-28-18/h5-8,17-20H,9-11H2,1-4H3/t17-,18-,19+,20+/m1/s1. The molecule has 0 aliphatic carbocycles. The van der Waals surface area contributed by atoms with Crippen molar-refractivity contribution in [3.63, 3.8) is 0 Å². The Bertz CT molecular complexity index is 788. The lowest BCUT2D eigenvalue weighted by molar-refractivity contribution is -0.195. The molecule has 0 saturated heterocycles. The Morgan fingerprint density at radius 1 is 0.933 bits per heavy atom. The van der Waals surface area contributed by atoms with E-state index in [0.717, 1.165) is 11.1 Å². The summed E-state index contributed by atoms with van der Waals surface area (Å²) in [5, 5.41) is 0. The molecule has 1 heterocycles. The van der Waals surface area contributed by atoms with Crippen molar-refractivity contribution in [1.82, 2.24) is 0 Å². The minimum atomic E-state index is -1.22. The monoisotopic (exact) mass is 422 g/mol. The summed E-state index contributed by atoms with van der Waals surface area (Å²) in [4.78, 5) is 47.7. The molecular weight excluding hydrogens is 396 g/mol. The number of carbonyl (C=O) groups excluding carboxylic acids is 4. The summed E-state index contributed by atoms with van der Waals surface area (Å²) in [7, 11) is 1.22. The summed E-state index contributed by atoms with van der Waals surface area (Å²) in [6.07, 6.45) is -3.24. The third-order valence-electron chi connectivity index (χ3n) is 4.66. The average Bonchev–Trinajstić information content (AvgIpc) is 2.73. The van der Waals surface area contributed by atoms with E-state index in [1.165, 1.54) is 27.9 Å². The highest BCUT2D eigenvalue weighted by Gasteiger charge is 2.45. The predicted molar refractivity (Wildman–Crippen MR) is 102 cm³/mol. The molecule has 9 heteroatoms. The van der Waals surface area contributed by atoms with Crippen LogP contribution in [0.25, 0.3) is 0 Å². The number of fused-ring (bicyclic) bond motifs is 1. The maximum atomic E-state index is 12.7. The van der Waals surface area contributed by atoms with Crippen molar-refractivity contribution in [2.24, 2.45) is 5.92 Å². The largest absolute Gasteiger partial charge is 0.469 e. The van der Waals surface area contributed by atoms with Crippen molar-refractivity contribution in [2.75, 3.05) is 13.7 Å². The van der Waals surface area contributed by atoms with Crippen LogP contribution in [0.4, 0.5) is 0 Å². The van der Waals surface area contributed by atoms with Crippen LogP contribution in [0.2, 0.25) is 0 Å². The molecule has 0 aromatic heterocycles. The van der Waals surface area contributed by atoms with Crippen molar-refractivity contribution >= 4 is 23.9 Å². The van der Waals surface area contributed by atoms with Crippen LogP contribution in [0.3, 0.4) is 0 Å². The Hall–Kier alpha value is -2.94. The van der Waals surface area contributed by atoms with Crippen LogP contribution >= 0.6 is 0 Å². The van der Waals surface area contributed by atoms with E-state index in [1.807, 2.05) is 24.3 Å². The summed E-state index contributed by atoms with van der Waals surface area (Å²) in [6, 6.07) is 7.29. The van der Waals surface area contributed by atoms with Crippen molar-refractivity contribution in [1.29, 1.82) is 0 Å². The van der Waals surface area contributed by atoms with Crippen molar-refractivity contribution < 1.29 is 42.9 Å². The van der Waals surface area contributed by atoms with Gasteiger partial charge in [0, 0.05) is 20.8 Å². The molecule has 1 aliphatic heterocycles. The first kappa shape index (κ1) is 23.3. The van der Waals surface area contributed by atoms with Gasteiger partial charge in [0.1, 0.15) is 18.6 Å². The Balaban J connectivity index is 2.58. The molecule has 0 N–H and O–H groups in total. The van der Waals surface area contributed by atoms with Gasteiger partial charge in [-0.15, -0.1) is 0 Å². The number of carbonyl (C=O) groups is 4. The van der Waals surface area contributed by atoms with Crippen molar-refractivity contribution in [2.45, 2.75) is 52.1 Å². The molecule has 1 aromatic rings. The number of hydrogen-bond acceptors (Lipinski definition) is 9. The molecule has 1 aromatic carbocycles. The zero-order valence-electron chi connectivity index (χ0n) is 17.4. The lowest BCUT2D eigenvalue weighted by Crippen LogP contribution is -2.51. The highest BCUT2D eigenvalue weighted by atomic mass is 16.6. The molecule has 0 saturated carbocycles. The molecule has 0 radical (unpaired) electrons. The van der Waals surface area contributed by atoms with Gasteiger partial charge in [-0.25, -0.2) is 0 Å². The van der Waals surface area contributed by atoms with Gasteiger partial charge in [-0.1, -0.05) is 24.3 Å². The molecule has 0 spiro atoms. The second-order valence-electron chi connectivity index (χ2n) is 6.90. The first-order chi connectivity index (χ1) is 14.2. The zero-order chi connectivity index (χ0) is 22.3. The van der Waals surface area contributed by atoms with Gasteiger partial charge in [-0.05, 0) is 17.5 Å². The Morgan fingerprint density at radius 3 is 2.10 bits per heavy atom. The third-order valence-corrected chi connectivity index (χ3v) is 4.66. The fourth-order valence-electron chi connectivity index (χ4n) is 3.37. The Labute approximate surface area is 174 Å². The van der Waals surface area contributed by atoms with Gasteiger partial charge in [-0.2, -0.15) is 0 Å². The molecule has 1 aliphatic rings. The molecule has 9 nitrogen and oxygen atoms in total. The van der Waals surface area contributed by atoms with Gasteiger partial charge in [0.15, 0.2) is 12.2 Å². The highest BCUT2D eigenvalue weighted by Crippen LogP contribution is 2.29. The van der Waals surface area contributed by atoms with E-state index < -0.39 is 48.1 Å². The van der Waals surface area contributed by atoms with E-state index in [4.69, 9.17) is 23.7 Å². The van der Waals surface area contributed by atoms with Crippen LogP contribution in [0, 0.1) is 5.92 Å². The highest BCUT2D eigenvalue weighted by molar-refractivity contribution is 5.75. The van der Waals surface area contributed by atoms with Crippen LogP contribution in [-0.2, 0) is 55.9 Å². The Morgan fingerprint density at radius 2 is 1.53 bits per heavy atom. The predicted octanol–water partition coefficient (Wildman–Crippen LogP) is 1.34. The number of methoxy groups -OCH3 is 1. The van der Waals surface area contributed by atoms with E-state index in [2.05, 4.69) is 0 Å². The van der Waals surface area contributed by atoms with Gasteiger partial charge < -0.3 is 23.7 Å².